The number of ether oxygens (including phenoxy) is 1. The Bertz CT molecular complexity index is 349. The van der Waals surface area contributed by atoms with Gasteiger partial charge >= 0.3 is 12.1 Å². The topological polar surface area (TPSA) is 59.4 Å². The molecule has 0 radical (unpaired) electrons. The summed E-state index contributed by atoms with van der Waals surface area (Å²) in [4.78, 5) is 13.3. The predicted molar refractivity (Wildman–Crippen MR) is 44.4 cm³/mol. The molecule has 1 aromatic rings. The minimum absolute atomic E-state index is 0.101. The molecule has 0 saturated carbocycles. The van der Waals surface area contributed by atoms with Crippen LogP contribution in [0.15, 0.2) is 5.38 Å². The molecule has 4 nitrogen and oxygen atoms in total. The zero-order chi connectivity index (χ0) is 11.5. The quantitative estimate of drug-likeness (QED) is 0.872. The first-order chi connectivity index (χ1) is 6.89. The number of hydrogen-bond donors (Lipinski definition) is 1. The lowest BCUT2D eigenvalue weighted by Crippen LogP contribution is -2.08. The molecule has 1 aromatic heterocycles. The van der Waals surface area contributed by atoms with E-state index in [-0.39, 0.29) is 11.6 Å². The van der Waals surface area contributed by atoms with Crippen LogP contribution in [0.25, 0.3) is 0 Å². The van der Waals surface area contributed by atoms with Gasteiger partial charge in [0.2, 0.25) is 0 Å². The van der Waals surface area contributed by atoms with Gasteiger partial charge in [-0.2, -0.15) is 13.2 Å². The second kappa shape index (κ2) is 4.58. The molecule has 1 heterocycles. The van der Waals surface area contributed by atoms with Gasteiger partial charge in [-0.15, -0.1) is 11.3 Å². The van der Waals surface area contributed by atoms with Crippen LogP contribution in [-0.2, 0) is 22.3 Å². The average Bonchev–Trinajstić information content (AvgIpc) is 2.51. The molecule has 8 heteroatoms. The van der Waals surface area contributed by atoms with E-state index in [0.717, 1.165) is 16.7 Å². The number of aliphatic carboxylic acids is 1. The number of halogens is 3. The molecular weight excluding hydrogens is 235 g/mol. The van der Waals surface area contributed by atoms with Gasteiger partial charge in [0.1, 0.15) is 11.6 Å². The molecule has 1 rings (SSSR count). The van der Waals surface area contributed by atoms with Crippen LogP contribution in [-0.4, -0.2) is 22.7 Å². The Kier molecular flexibility index (Phi) is 3.64. The first kappa shape index (κ1) is 11.9. The number of rotatable bonds is 4. The van der Waals surface area contributed by atoms with Crippen molar-refractivity contribution in [3.8, 4) is 0 Å². The number of hydrogen-bond acceptors (Lipinski definition) is 4. The van der Waals surface area contributed by atoms with E-state index in [2.05, 4.69) is 9.72 Å². The largest absolute Gasteiger partial charge is 0.480 e. The summed E-state index contributed by atoms with van der Waals surface area (Å²) in [5.41, 5.74) is -0.985. The molecule has 0 fully saturated rings. The summed E-state index contributed by atoms with van der Waals surface area (Å²) in [6.45, 7) is -0.784. The highest BCUT2D eigenvalue weighted by atomic mass is 32.1. The van der Waals surface area contributed by atoms with Crippen molar-refractivity contribution in [3.05, 3.63) is 16.1 Å². The molecular formula is C7H6F3NO3S. The monoisotopic (exact) mass is 241 g/mol. The molecule has 0 amide bonds. The summed E-state index contributed by atoms with van der Waals surface area (Å²) in [6.07, 6.45) is -4.47. The molecule has 84 valence electrons. The number of carboxylic acids is 1. The average molecular weight is 241 g/mol. The summed E-state index contributed by atoms with van der Waals surface area (Å²) in [5, 5.41) is 9.17. The van der Waals surface area contributed by atoms with Crippen molar-refractivity contribution in [1.29, 1.82) is 0 Å². The fourth-order valence-corrected chi connectivity index (χ4v) is 1.47. The molecule has 0 saturated heterocycles. The number of carboxylic acid groups (broad SMARTS) is 1. The van der Waals surface area contributed by atoms with E-state index in [0.29, 0.717) is 0 Å². The molecule has 0 aliphatic heterocycles. The second-order valence-corrected chi connectivity index (χ2v) is 3.45. The number of nitrogens with zero attached hydrogens (tertiary/aromatic N) is 1. The molecule has 0 spiro atoms. The third kappa shape index (κ3) is 3.84. The molecule has 0 aliphatic rings. The number of carbonyl (C=O) groups is 1. The Balaban J connectivity index is 2.50. The minimum atomic E-state index is -4.47. The SMILES string of the molecule is O=C(O)COCc1nc(C(F)(F)F)cs1. The number of alkyl halides is 3. The first-order valence-electron chi connectivity index (χ1n) is 3.70. The molecule has 0 bridgehead atoms. The van der Waals surface area contributed by atoms with Crippen molar-refractivity contribution in [2.24, 2.45) is 0 Å². The lowest BCUT2D eigenvalue weighted by Gasteiger charge is -2.00. The first-order valence-corrected chi connectivity index (χ1v) is 4.58. The van der Waals surface area contributed by atoms with Gasteiger partial charge in [-0.1, -0.05) is 0 Å². The van der Waals surface area contributed by atoms with Crippen molar-refractivity contribution in [1.82, 2.24) is 4.98 Å². The summed E-state index contributed by atoms with van der Waals surface area (Å²) in [5.74, 6) is -1.18. The Morgan fingerprint density at radius 1 is 1.60 bits per heavy atom. The Morgan fingerprint density at radius 2 is 2.27 bits per heavy atom. The summed E-state index contributed by atoms with van der Waals surface area (Å²) >= 11 is 0.779. The van der Waals surface area contributed by atoms with E-state index in [1.54, 1.807) is 0 Å². The number of aromatic nitrogens is 1. The van der Waals surface area contributed by atoms with E-state index in [9.17, 15) is 18.0 Å². The van der Waals surface area contributed by atoms with Crippen LogP contribution >= 0.6 is 11.3 Å². The normalized spacial score (nSPS) is 11.7. The van der Waals surface area contributed by atoms with Crippen molar-refractivity contribution in [2.45, 2.75) is 12.8 Å². The molecule has 0 aromatic carbocycles. The summed E-state index contributed by atoms with van der Waals surface area (Å²) in [6, 6.07) is 0. The Morgan fingerprint density at radius 3 is 2.73 bits per heavy atom. The molecule has 0 aliphatic carbocycles. The van der Waals surface area contributed by atoms with Gasteiger partial charge in [-0.05, 0) is 0 Å². The van der Waals surface area contributed by atoms with Gasteiger partial charge in [0.15, 0.2) is 5.69 Å². The van der Waals surface area contributed by atoms with Gasteiger partial charge < -0.3 is 9.84 Å². The zero-order valence-corrected chi connectivity index (χ0v) is 8.06. The van der Waals surface area contributed by atoms with Crippen LogP contribution in [0, 0.1) is 0 Å². The molecule has 0 unspecified atom stereocenters. The van der Waals surface area contributed by atoms with Gasteiger partial charge in [-0.3, -0.25) is 0 Å². The van der Waals surface area contributed by atoms with Gasteiger partial charge in [0, 0.05) is 5.38 Å². The van der Waals surface area contributed by atoms with E-state index < -0.39 is 24.4 Å². The molecule has 15 heavy (non-hydrogen) atoms. The predicted octanol–water partition coefficient (Wildman–Crippen LogP) is 1.76. The van der Waals surface area contributed by atoms with Gasteiger partial charge in [0.05, 0.1) is 6.61 Å². The standard InChI is InChI=1S/C7H6F3NO3S/c8-7(9,10)4-3-15-5(11-4)1-14-2-6(12)13/h3H,1-2H2,(H,12,13). The van der Waals surface area contributed by atoms with E-state index in [1.165, 1.54) is 0 Å². The maximum Gasteiger partial charge on any atom is 0.434 e. The van der Waals surface area contributed by atoms with Crippen LogP contribution in [0.4, 0.5) is 13.2 Å². The smallest absolute Gasteiger partial charge is 0.434 e. The summed E-state index contributed by atoms with van der Waals surface area (Å²) < 4.78 is 40.8. The van der Waals surface area contributed by atoms with Crippen LogP contribution in [0.1, 0.15) is 10.7 Å². The molecule has 0 atom stereocenters. The fraction of sp³-hybridized carbons (Fsp3) is 0.429. The third-order valence-corrected chi connectivity index (χ3v) is 2.12. The third-order valence-electron chi connectivity index (χ3n) is 1.29. The Hall–Kier alpha value is -1.15. The van der Waals surface area contributed by atoms with E-state index in [4.69, 9.17) is 5.11 Å². The van der Waals surface area contributed by atoms with E-state index in [1.807, 2.05) is 0 Å². The highest BCUT2D eigenvalue weighted by molar-refractivity contribution is 7.09. The highest BCUT2D eigenvalue weighted by Gasteiger charge is 2.33. The number of thiazole rings is 1. The lowest BCUT2D eigenvalue weighted by atomic mass is 10.5. The summed E-state index contributed by atoms with van der Waals surface area (Å²) in [7, 11) is 0. The maximum atomic E-state index is 12.1. The van der Waals surface area contributed by atoms with Gasteiger partial charge in [0.25, 0.3) is 0 Å². The van der Waals surface area contributed by atoms with Crippen molar-refractivity contribution >= 4 is 17.3 Å². The van der Waals surface area contributed by atoms with Crippen LogP contribution < -0.4 is 0 Å². The van der Waals surface area contributed by atoms with Gasteiger partial charge in [-0.25, -0.2) is 9.78 Å². The highest BCUT2D eigenvalue weighted by Crippen LogP contribution is 2.30. The maximum absolute atomic E-state index is 12.1. The van der Waals surface area contributed by atoms with Crippen LogP contribution in [0.2, 0.25) is 0 Å². The van der Waals surface area contributed by atoms with Crippen LogP contribution in [0.3, 0.4) is 0 Å². The second-order valence-electron chi connectivity index (χ2n) is 2.51. The van der Waals surface area contributed by atoms with Crippen LogP contribution in [0.5, 0.6) is 0 Å². The Labute approximate surface area is 86.3 Å². The molecule has 1 N–H and O–H groups in total. The fourth-order valence-electron chi connectivity index (χ4n) is 0.733. The lowest BCUT2D eigenvalue weighted by molar-refractivity contribution is -0.143. The zero-order valence-electron chi connectivity index (χ0n) is 7.24. The van der Waals surface area contributed by atoms with E-state index >= 15 is 0 Å². The van der Waals surface area contributed by atoms with Crippen molar-refractivity contribution in [2.75, 3.05) is 6.61 Å². The minimum Gasteiger partial charge on any atom is -0.480 e. The van der Waals surface area contributed by atoms with Crippen molar-refractivity contribution < 1.29 is 27.8 Å². The van der Waals surface area contributed by atoms with Crippen molar-refractivity contribution in [3.63, 3.8) is 0 Å².